The second-order valence-electron chi connectivity index (χ2n) is 8.21. The van der Waals surface area contributed by atoms with Crippen molar-refractivity contribution in [2.24, 2.45) is 5.92 Å². The molecule has 1 aliphatic heterocycles. The van der Waals surface area contributed by atoms with Crippen molar-refractivity contribution in [2.75, 3.05) is 45.2 Å². The summed E-state index contributed by atoms with van der Waals surface area (Å²) in [6, 6.07) is 5.84. The van der Waals surface area contributed by atoms with Gasteiger partial charge in [-0.2, -0.15) is 0 Å². The van der Waals surface area contributed by atoms with Crippen LogP contribution in [-0.2, 0) is 4.79 Å². The molecule has 1 heterocycles. The van der Waals surface area contributed by atoms with Gasteiger partial charge in [-0.1, -0.05) is 29.3 Å². The van der Waals surface area contributed by atoms with Crippen LogP contribution in [0.1, 0.15) is 32.1 Å². The molecule has 1 aromatic rings. The Kier molecular flexibility index (Phi) is 7.52. The Balaban J connectivity index is 1.42. The van der Waals surface area contributed by atoms with Crippen LogP contribution in [0.5, 0.6) is 0 Å². The molecule has 1 saturated carbocycles. The van der Waals surface area contributed by atoms with Crippen LogP contribution in [-0.4, -0.2) is 68.1 Å². The van der Waals surface area contributed by atoms with Gasteiger partial charge < -0.3 is 20.0 Å². The molecule has 0 aromatic heterocycles. The molecule has 6 nitrogen and oxygen atoms in total. The third kappa shape index (κ3) is 5.70. The maximum absolute atomic E-state index is 12.8. The van der Waals surface area contributed by atoms with E-state index in [0.29, 0.717) is 35.5 Å². The molecule has 0 atom stereocenters. The maximum Gasteiger partial charge on any atom is 0.317 e. The quantitative estimate of drug-likeness (QED) is 0.772. The number of rotatable bonds is 4. The van der Waals surface area contributed by atoms with Gasteiger partial charge in [0.05, 0.1) is 15.7 Å². The monoisotopic (exact) mass is 440 g/mol. The highest BCUT2D eigenvalue weighted by molar-refractivity contribution is 6.43. The van der Waals surface area contributed by atoms with Crippen molar-refractivity contribution in [1.29, 1.82) is 0 Å². The molecule has 29 heavy (non-hydrogen) atoms. The Morgan fingerprint density at radius 1 is 1.07 bits per heavy atom. The number of nitrogens with one attached hydrogen (secondary N) is 1. The number of halogens is 2. The molecule has 0 spiro atoms. The van der Waals surface area contributed by atoms with Gasteiger partial charge in [-0.15, -0.1) is 0 Å². The summed E-state index contributed by atoms with van der Waals surface area (Å²) in [6.45, 7) is 2.93. The van der Waals surface area contributed by atoms with Crippen LogP contribution < -0.4 is 10.2 Å². The van der Waals surface area contributed by atoms with E-state index in [1.165, 1.54) is 0 Å². The molecule has 0 bridgehead atoms. The lowest BCUT2D eigenvalue weighted by Crippen LogP contribution is -2.49. The summed E-state index contributed by atoms with van der Waals surface area (Å²) < 4.78 is 0. The average Bonchev–Trinajstić information content (AvgIpc) is 2.71. The first-order valence-electron chi connectivity index (χ1n) is 10.3. The Bertz CT molecular complexity index is 727. The van der Waals surface area contributed by atoms with Crippen LogP contribution in [0.3, 0.4) is 0 Å². The number of benzene rings is 1. The largest absolute Gasteiger partial charge is 0.367 e. The number of anilines is 1. The molecule has 2 fully saturated rings. The molecule has 1 aliphatic carbocycles. The Morgan fingerprint density at radius 2 is 1.72 bits per heavy atom. The van der Waals surface area contributed by atoms with Gasteiger partial charge in [0.2, 0.25) is 5.91 Å². The lowest BCUT2D eigenvalue weighted by molar-refractivity contribution is -0.132. The summed E-state index contributed by atoms with van der Waals surface area (Å²) >= 11 is 12.5. The fourth-order valence-electron chi connectivity index (χ4n) is 4.12. The van der Waals surface area contributed by atoms with Gasteiger partial charge in [0.1, 0.15) is 0 Å². The van der Waals surface area contributed by atoms with Crippen LogP contribution in [0.2, 0.25) is 10.0 Å². The summed E-state index contributed by atoms with van der Waals surface area (Å²) in [6.07, 6.45) is 4.47. The molecule has 1 saturated heterocycles. The van der Waals surface area contributed by atoms with Gasteiger partial charge in [-0.25, -0.2) is 4.79 Å². The standard InChI is InChI=1S/C21H30Cl2N4O2/c1-25(2)21(29)24-16-8-6-15(7-9-16)14-19(28)27-12-10-26(11-13-27)18-5-3-4-17(22)20(18)23/h3-5,15-16H,6-14H2,1-2H3,(H,24,29). The fraction of sp³-hybridized carbons (Fsp3) is 0.619. The number of carbonyl (C=O) groups excluding carboxylic acids is 2. The molecule has 2 aliphatic rings. The SMILES string of the molecule is CN(C)C(=O)NC1CCC(CC(=O)N2CCN(c3cccc(Cl)c3Cl)CC2)CC1. The summed E-state index contributed by atoms with van der Waals surface area (Å²) in [7, 11) is 3.50. The predicted octanol–water partition coefficient (Wildman–Crippen LogP) is 3.86. The number of nitrogens with zero attached hydrogens (tertiary/aromatic N) is 3. The maximum atomic E-state index is 12.8. The Labute approximate surface area is 183 Å². The molecule has 0 unspecified atom stereocenters. The lowest BCUT2D eigenvalue weighted by Gasteiger charge is -2.37. The minimum Gasteiger partial charge on any atom is -0.367 e. The highest BCUT2D eigenvalue weighted by Gasteiger charge is 2.28. The molecule has 8 heteroatoms. The van der Waals surface area contributed by atoms with E-state index in [0.717, 1.165) is 44.5 Å². The summed E-state index contributed by atoms with van der Waals surface area (Å²) in [4.78, 5) is 30.3. The van der Waals surface area contributed by atoms with E-state index in [4.69, 9.17) is 23.2 Å². The van der Waals surface area contributed by atoms with Crippen molar-refractivity contribution >= 4 is 40.8 Å². The first-order valence-corrected chi connectivity index (χ1v) is 11.0. The van der Waals surface area contributed by atoms with E-state index in [-0.39, 0.29) is 18.0 Å². The number of carbonyl (C=O) groups is 2. The van der Waals surface area contributed by atoms with Crippen LogP contribution in [0.25, 0.3) is 0 Å². The van der Waals surface area contributed by atoms with Crippen molar-refractivity contribution in [2.45, 2.75) is 38.1 Å². The molecule has 1 N–H and O–H groups in total. The highest BCUT2D eigenvalue weighted by atomic mass is 35.5. The lowest BCUT2D eigenvalue weighted by atomic mass is 9.84. The minimum absolute atomic E-state index is 0.0396. The zero-order chi connectivity index (χ0) is 21.0. The van der Waals surface area contributed by atoms with Crippen LogP contribution in [0, 0.1) is 5.92 Å². The third-order valence-corrected chi connectivity index (χ3v) is 6.76. The van der Waals surface area contributed by atoms with Crippen molar-refractivity contribution in [3.8, 4) is 0 Å². The second kappa shape index (κ2) is 9.90. The average molecular weight is 441 g/mol. The first-order chi connectivity index (χ1) is 13.8. The van der Waals surface area contributed by atoms with Crippen LogP contribution in [0.15, 0.2) is 18.2 Å². The molecule has 1 aromatic carbocycles. The van der Waals surface area contributed by atoms with Gasteiger partial charge in [-0.3, -0.25) is 4.79 Å². The minimum atomic E-state index is -0.0396. The van der Waals surface area contributed by atoms with Crippen molar-refractivity contribution in [1.82, 2.24) is 15.1 Å². The van der Waals surface area contributed by atoms with Gasteiger partial charge in [0, 0.05) is 52.7 Å². The Hall–Kier alpha value is -1.66. The number of hydrogen-bond donors (Lipinski definition) is 1. The number of urea groups is 1. The number of hydrogen-bond acceptors (Lipinski definition) is 3. The summed E-state index contributed by atoms with van der Waals surface area (Å²) in [5.41, 5.74) is 0.935. The van der Waals surface area contributed by atoms with E-state index in [1.54, 1.807) is 25.1 Å². The van der Waals surface area contributed by atoms with Crippen molar-refractivity contribution in [3.63, 3.8) is 0 Å². The van der Waals surface area contributed by atoms with Crippen LogP contribution >= 0.6 is 23.2 Å². The summed E-state index contributed by atoms with van der Waals surface area (Å²) in [5, 5.41) is 4.18. The fourth-order valence-corrected chi connectivity index (χ4v) is 4.54. The number of amides is 3. The predicted molar refractivity (Wildman–Crippen MR) is 118 cm³/mol. The van der Waals surface area contributed by atoms with Gasteiger partial charge in [0.25, 0.3) is 0 Å². The van der Waals surface area contributed by atoms with E-state index >= 15 is 0 Å². The van der Waals surface area contributed by atoms with Gasteiger partial charge in [0.15, 0.2) is 0 Å². The number of piperazine rings is 1. The molecule has 3 rings (SSSR count). The normalized spacial score (nSPS) is 22.3. The van der Waals surface area contributed by atoms with Crippen molar-refractivity contribution in [3.05, 3.63) is 28.2 Å². The zero-order valence-electron chi connectivity index (χ0n) is 17.2. The molecular formula is C21H30Cl2N4O2. The molecular weight excluding hydrogens is 411 g/mol. The first kappa shape index (κ1) is 22.0. The van der Waals surface area contributed by atoms with Gasteiger partial charge in [-0.05, 0) is 43.7 Å². The van der Waals surface area contributed by atoms with Gasteiger partial charge >= 0.3 is 6.03 Å². The zero-order valence-corrected chi connectivity index (χ0v) is 18.7. The highest BCUT2D eigenvalue weighted by Crippen LogP contribution is 2.33. The van der Waals surface area contributed by atoms with E-state index in [1.807, 2.05) is 17.0 Å². The summed E-state index contributed by atoms with van der Waals surface area (Å²) in [5.74, 6) is 0.651. The smallest absolute Gasteiger partial charge is 0.317 e. The van der Waals surface area contributed by atoms with E-state index in [9.17, 15) is 9.59 Å². The molecule has 160 valence electrons. The van der Waals surface area contributed by atoms with Crippen LogP contribution in [0.4, 0.5) is 10.5 Å². The van der Waals surface area contributed by atoms with E-state index < -0.39 is 0 Å². The topological polar surface area (TPSA) is 55.9 Å². The molecule has 0 radical (unpaired) electrons. The second-order valence-corrected chi connectivity index (χ2v) is 8.99. The van der Waals surface area contributed by atoms with Crippen molar-refractivity contribution < 1.29 is 9.59 Å². The third-order valence-electron chi connectivity index (χ3n) is 5.95. The van der Waals surface area contributed by atoms with E-state index in [2.05, 4.69) is 10.2 Å². The molecule has 3 amide bonds. The Morgan fingerprint density at radius 3 is 2.34 bits per heavy atom.